The number of carbonyl (C=O) groups is 1. The van der Waals surface area contributed by atoms with E-state index in [9.17, 15) is 13.2 Å². The van der Waals surface area contributed by atoms with E-state index in [0.717, 1.165) is 6.26 Å². The molecule has 20 heavy (non-hydrogen) atoms. The van der Waals surface area contributed by atoms with E-state index >= 15 is 0 Å². The number of carbonyl (C=O) groups excluding carboxylic acids is 1. The highest BCUT2D eigenvalue weighted by Gasteiger charge is 2.17. The molecular weight excluding hydrogens is 284 g/mol. The van der Waals surface area contributed by atoms with E-state index in [0.29, 0.717) is 5.56 Å². The number of sulfone groups is 1. The van der Waals surface area contributed by atoms with Crippen LogP contribution in [-0.4, -0.2) is 37.4 Å². The number of hydrogen-bond acceptors (Lipinski definition) is 7. The highest BCUT2D eigenvalue weighted by molar-refractivity contribution is 7.90. The van der Waals surface area contributed by atoms with Crippen molar-refractivity contribution < 1.29 is 22.5 Å². The lowest BCUT2D eigenvalue weighted by atomic mass is 10.2. The van der Waals surface area contributed by atoms with Gasteiger partial charge in [-0.15, -0.1) is 0 Å². The SMILES string of the molecule is CCOC(=O)c1noc(-c2cccc(S(C)(=O)=O)c2)n1. The number of ether oxygens (including phenoxy) is 1. The van der Waals surface area contributed by atoms with Crippen molar-refractivity contribution in [1.82, 2.24) is 10.1 Å². The third-order valence-corrected chi connectivity index (χ3v) is 3.50. The van der Waals surface area contributed by atoms with Gasteiger partial charge in [0, 0.05) is 11.8 Å². The zero-order valence-electron chi connectivity index (χ0n) is 10.9. The van der Waals surface area contributed by atoms with Crippen molar-refractivity contribution in [2.45, 2.75) is 11.8 Å². The fourth-order valence-corrected chi connectivity index (χ4v) is 2.15. The van der Waals surface area contributed by atoms with E-state index in [1.165, 1.54) is 12.1 Å². The van der Waals surface area contributed by atoms with Crippen LogP contribution in [-0.2, 0) is 14.6 Å². The van der Waals surface area contributed by atoms with E-state index in [1.807, 2.05) is 0 Å². The minimum Gasteiger partial charge on any atom is -0.460 e. The molecule has 7 nitrogen and oxygen atoms in total. The summed E-state index contributed by atoms with van der Waals surface area (Å²) in [5.74, 6) is -0.841. The van der Waals surface area contributed by atoms with Crippen molar-refractivity contribution in [3.05, 3.63) is 30.1 Å². The number of benzene rings is 1. The Balaban J connectivity index is 2.36. The molecule has 0 aliphatic carbocycles. The first kappa shape index (κ1) is 14.2. The first-order chi connectivity index (χ1) is 9.41. The van der Waals surface area contributed by atoms with E-state index in [1.54, 1.807) is 19.1 Å². The smallest absolute Gasteiger partial charge is 0.379 e. The Bertz CT molecular complexity index is 736. The fourth-order valence-electron chi connectivity index (χ4n) is 1.48. The third kappa shape index (κ3) is 3.02. The van der Waals surface area contributed by atoms with Crippen molar-refractivity contribution in [2.24, 2.45) is 0 Å². The van der Waals surface area contributed by atoms with Crippen LogP contribution < -0.4 is 0 Å². The van der Waals surface area contributed by atoms with Gasteiger partial charge >= 0.3 is 5.97 Å². The van der Waals surface area contributed by atoms with Crippen LogP contribution in [0, 0.1) is 0 Å². The number of hydrogen-bond donors (Lipinski definition) is 0. The third-order valence-electron chi connectivity index (χ3n) is 2.39. The summed E-state index contributed by atoms with van der Waals surface area (Å²) in [6.45, 7) is 1.86. The zero-order valence-corrected chi connectivity index (χ0v) is 11.7. The van der Waals surface area contributed by atoms with Crippen molar-refractivity contribution in [2.75, 3.05) is 12.9 Å². The van der Waals surface area contributed by atoms with Gasteiger partial charge in [-0.2, -0.15) is 4.98 Å². The van der Waals surface area contributed by atoms with Crippen LogP contribution in [0.2, 0.25) is 0 Å². The molecule has 0 aliphatic heterocycles. The van der Waals surface area contributed by atoms with Gasteiger partial charge in [-0.05, 0) is 30.3 Å². The molecule has 1 aromatic heterocycles. The zero-order chi connectivity index (χ0) is 14.8. The average molecular weight is 296 g/mol. The molecule has 2 aromatic rings. The van der Waals surface area contributed by atoms with E-state index < -0.39 is 15.8 Å². The Morgan fingerprint density at radius 2 is 2.15 bits per heavy atom. The standard InChI is InChI=1S/C12H12N2O5S/c1-3-18-12(15)10-13-11(19-14-10)8-5-4-6-9(7-8)20(2,16)17/h4-7H,3H2,1-2H3. The van der Waals surface area contributed by atoms with E-state index in [-0.39, 0.29) is 23.2 Å². The van der Waals surface area contributed by atoms with E-state index in [4.69, 9.17) is 9.26 Å². The normalized spacial score (nSPS) is 11.3. The van der Waals surface area contributed by atoms with Gasteiger partial charge in [-0.25, -0.2) is 13.2 Å². The molecular formula is C12H12N2O5S. The van der Waals surface area contributed by atoms with Gasteiger partial charge in [-0.1, -0.05) is 6.07 Å². The Kier molecular flexibility index (Phi) is 3.84. The topological polar surface area (TPSA) is 99.4 Å². The maximum atomic E-state index is 11.5. The molecule has 1 aromatic carbocycles. The minimum absolute atomic E-state index is 0.0542. The van der Waals surface area contributed by atoms with Crippen LogP contribution in [0.1, 0.15) is 17.5 Å². The summed E-state index contributed by atoms with van der Waals surface area (Å²) in [6, 6.07) is 6.02. The monoisotopic (exact) mass is 296 g/mol. The number of nitrogens with zero attached hydrogens (tertiary/aromatic N) is 2. The molecule has 0 aliphatic rings. The second-order valence-corrected chi connectivity index (χ2v) is 5.96. The summed E-state index contributed by atoms with van der Waals surface area (Å²) < 4.78 is 32.6. The fraction of sp³-hybridized carbons (Fsp3) is 0.250. The van der Waals surface area contributed by atoms with Gasteiger partial charge in [0.15, 0.2) is 9.84 Å². The summed E-state index contributed by atoms with van der Waals surface area (Å²) in [7, 11) is -3.33. The molecule has 0 saturated carbocycles. The molecule has 8 heteroatoms. The summed E-state index contributed by atoms with van der Waals surface area (Å²) in [5, 5.41) is 3.49. The number of esters is 1. The molecule has 0 amide bonds. The molecule has 2 rings (SSSR count). The maximum absolute atomic E-state index is 11.5. The van der Waals surface area contributed by atoms with Crippen LogP contribution >= 0.6 is 0 Å². The second-order valence-electron chi connectivity index (χ2n) is 3.94. The first-order valence-corrected chi connectivity index (χ1v) is 7.62. The van der Waals surface area contributed by atoms with Crippen molar-refractivity contribution in [3.8, 4) is 11.5 Å². The summed E-state index contributed by atoms with van der Waals surface area (Å²) >= 11 is 0. The molecule has 0 N–H and O–H groups in total. The van der Waals surface area contributed by atoms with Crippen LogP contribution in [0.25, 0.3) is 11.5 Å². The average Bonchev–Trinajstić information content (AvgIpc) is 2.88. The molecule has 0 bridgehead atoms. The van der Waals surface area contributed by atoms with Gasteiger partial charge in [-0.3, -0.25) is 0 Å². The minimum atomic E-state index is -3.33. The highest BCUT2D eigenvalue weighted by Crippen LogP contribution is 2.21. The summed E-state index contributed by atoms with van der Waals surface area (Å²) in [5.41, 5.74) is 0.413. The van der Waals surface area contributed by atoms with E-state index in [2.05, 4.69) is 10.1 Å². The Morgan fingerprint density at radius 3 is 2.80 bits per heavy atom. The molecule has 0 saturated heterocycles. The molecule has 106 valence electrons. The first-order valence-electron chi connectivity index (χ1n) is 5.73. The van der Waals surface area contributed by atoms with Crippen LogP contribution in [0.3, 0.4) is 0 Å². The van der Waals surface area contributed by atoms with Gasteiger partial charge in [0.25, 0.3) is 11.7 Å². The molecule has 0 fully saturated rings. The Labute approximate surface area is 115 Å². The second kappa shape index (κ2) is 5.41. The molecule has 0 radical (unpaired) electrons. The number of aromatic nitrogens is 2. The molecule has 0 unspecified atom stereocenters. The summed E-state index contributed by atoms with van der Waals surface area (Å²) in [6.07, 6.45) is 1.10. The molecule has 0 spiro atoms. The van der Waals surface area contributed by atoms with Crippen LogP contribution in [0.15, 0.2) is 33.7 Å². The van der Waals surface area contributed by atoms with Gasteiger partial charge in [0.1, 0.15) is 0 Å². The molecule has 0 atom stereocenters. The van der Waals surface area contributed by atoms with Crippen molar-refractivity contribution in [3.63, 3.8) is 0 Å². The van der Waals surface area contributed by atoms with Crippen molar-refractivity contribution in [1.29, 1.82) is 0 Å². The van der Waals surface area contributed by atoms with Crippen LogP contribution in [0.4, 0.5) is 0 Å². The largest absolute Gasteiger partial charge is 0.460 e. The lowest BCUT2D eigenvalue weighted by Gasteiger charge is -1.99. The number of rotatable bonds is 4. The summed E-state index contributed by atoms with van der Waals surface area (Å²) in [4.78, 5) is 15.4. The quantitative estimate of drug-likeness (QED) is 0.784. The Morgan fingerprint density at radius 1 is 1.40 bits per heavy atom. The molecule has 1 heterocycles. The van der Waals surface area contributed by atoms with Crippen molar-refractivity contribution >= 4 is 15.8 Å². The predicted molar refractivity (Wildman–Crippen MR) is 68.8 cm³/mol. The van der Waals surface area contributed by atoms with Gasteiger partial charge in [0.05, 0.1) is 11.5 Å². The highest BCUT2D eigenvalue weighted by atomic mass is 32.2. The predicted octanol–water partition coefficient (Wildman–Crippen LogP) is 1.32. The maximum Gasteiger partial charge on any atom is 0.379 e. The lowest BCUT2D eigenvalue weighted by molar-refractivity contribution is 0.0508. The van der Waals surface area contributed by atoms with Crippen LogP contribution in [0.5, 0.6) is 0 Å². The lowest BCUT2D eigenvalue weighted by Crippen LogP contribution is -2.06. The van der Waals surface area contributed by atoms with Gasteiger partial charge < -0.3 is 9.26 Å². The Hall–Kier alpha value is -2.22. The van der Waals surface area contributed by atoms with Gasteiger partial charge in [0.2, 0.25) is 0 Å².